The quantitative estimate of drug-likeness (QED) is 0.0854. The maximum Gasteiger partial charge on any atom is 0.408 e. The second kappa shape index (κ2) is 19.4. The van der Waals surface area contributed by atoms with Crippen molar-refractivity contribution in [3.05, 3.63) is 125 Å². The van der Waals surface area contributed by atoms with Crippen LogP contribution >= 0.6 is 0 Å². The van der Waals surface area contributed by atoms with E-state index in [9.17, 15) is 34.2 Å². The third-order valence-electron chi connectivity index (χ3n) is 14.9. The van der Waals surface area contributed by atoms with Crippen molar-refractivity contribution in [3.63, 3.8) is 0 Å². The van der Waals surface area contributed by atoms with Gasteiger partial charge in [0.05, 0.1) is 29.6 Å². The van der Waals surface area contributed by atoms with E-state index in [1.54, 1.807) is 113 Å². The minimum Gasteiger partial charge on any atom is -0.455 e. The summed E-state index contributed by atoms with van der Waals surface area (Å²) in [5.41, 5.74) is -9.00. The third kappa shape index (κ3) is 9.36. The number of rotatable bonds is 11. The Bertz CT molecular complexity index is 2870. The molecule has 3 aromatic carbocycles. The highest BCUT2D eigenvalue weighted by Crippen LogP contribution is 2.64. The van der Waals surface area contributed by atoms with Crippen LogP contribution in [0, 0.1) is 16.7 Å². The van der Waals surface area contributed by atoms with E-state index in [0.717, 1.165) is 13.8 Å². The zero-order valence-electron chi connectivity index (χ0n) is 42.0. The lowest BCUT2D eigenvalue weighted by atomic mass is 9.44. The molecular weight excluding hydrogens is 945 g/mol. The number of aliphatic hydroxyl groups excluding tert-OH is 1. The van der Waals surface area contributed by atoms with Gasteiger partial charge in [0, 0.05) is 43.7 Å². The fourth-order valence-electron chi connectivity index (χ4n) is 11.4. The number of carbonyl (C=O) groups excluding carboxylic acids is 7. The molecule has 0 spiro atoms. The Balaban J connectivity index is 1.32. The van der Waals surface area contributed by atoms with E-state index in [-0.39, 0.29) is 41.0 Å². The van der Waals surface area contributed by atoms with E-state index < -0.39 is 124 Å². The number of nitrogens with one attached hydrogen (secondary N) is 1. The number of nitrogens with zero attached hydrogens (tertiary/aromatic N) is 1. The molecule has 3 N–H and O–H groups in total. The van der Waals surface area contributed by atoms with Crippen LogP contribution in [0.3, 0.4) is 0 Å². The van der Waals surface area contributed by atoms with E-state index in [0.29, 0.717) is 10.8 Å². The highest BCUT2D eigenvalue weighted by atomic mass is 16.6. The van der Waals surface area contributed by atoms with Crippen LogP contribution in [0.2, 0.25) is 0 Å². The fraction of sp³-hybridized carbons (Fsp3) is 0.455. The van der Waals surface area contributed by atoms with Gasteiger partial charge >= 0.3 is 35.9 Å². The Morgan fingerprint density at radius 2 is 1.48 bits per heavy atom. The van der Waals surface area contributed by atoms with Crippen LogP contribution in [0.1, 0.15) is 108 Å². The zero-order valence-corrected chi connectivity index (χ0v) is 42.0. The molecule has 0 unspecified atom stereocenters. The van der Waals surface area contributed by atoms with Gasteiger partial charge in [0.15, 0.2) is 23.2 Å². The molecular formula is C55H60N2O16. The summed E-state index contributed by atoms with van der Waals surface area (Å²) in [6.07, 6.45) is -10.6. The number of amides is 1. The van der Waals surface area contributed by atoms with Crippen molar-refractivity contribution in [3.8, 4) is 0 Å². The molecule has 8 rings (SSSR count). The Hall–Kier alpha value is -7.02. The Morgan fingerprint density at radius 1 is 0.836 bits per heavy atom. The van der Waals surface area contributed by atoms with Gasteiger partial charge in [0.2, 0.25) is 6.10 Å². The van der Waals surface area contributed by atoms with Gasteiger partial charge in [-0.3, -0.25) is 14.4 Å². The third-order valence-corrected chi connectivity index (χ3v) is 14.9. The molecule has 1 amide bonds. The largest absolute Gasteiger partial charge is 0.455 e. The fourth-order valence-corrected chi connectivity index (χ4v) is 11.4. The van der Waals surface area contributed by atoms with Crippen LogP contribution in [-0.2, 0) is 52.3 Å². The van der Waals surface area contributed by atoms with Crippen LogP contribution in [0.5, 0.6) is 0 Å². The van der Waals surface area contributed by atoms with Crippen molar-refractivity contribution in [2.24, 2.45) is 16.7 Å². The smallest absolute Gasteiger partial charge is 0.408 e. The zero-order chi connectivity index (χ0) is 53.0. The number of carbonyl (C=O) groups is 7. The number of fused-ring (bicyclic) bond motifs is 6. The van der Waals surface area contributed by atoms with Crippen molar-refractivity contribution in [1.29, 1.82) is 0 Å². The lowest BCUT2D eigenvalue weighted by Gasteiger charge is -2.67. The molecule has 18 heteroatoms. The first-order valence-corrected chi connectivity index (χ1v) is 24.0. The number of hydrogen-bond donors (Lipinski definition) is 3. The number of aliphatic hydroxyl groups is 2. The van der Waals surface area contributed by atoms with Crippen LogP contribution in [0.4, 0.5) is 4.79 Å². The summed E-state index contributed by atoms with van der Waals surface area (Å²) in [6, 6.07) is 22.9. The maximum atomic E-state index is 15.8. The van der Waals surface area contributed by atoms with Gasteiger partial charge in [0.1, 0.15) is 35.6 Å². The van der Waals surface area contributed by atoms with Gasteiger partial charge in [-0.1, -0.05) is 86.6 Å². The first-order valence-electron chi connectivity index (χ1n) is 24.0. The highest BCUT2D eigenvalue weighted by Gasteiger charge is 2.78. The number of ketones is 1. The minimum atomic E-state index is -2.49. The summed E-state index contributed by atoms with van der Waals surface area (Å²) in [5, 5.41) is 29.9. The highest BCUT2D eigenvalue weighted by molar-refractivity contribution is 6.03. The molecule has 1 saturated heterocycles. The molecule has 386 valence electrons. The van der Waals surface area contributed by atoms with E-state index in [1.807, 2.05) is 0 Å². The molecule has 1 aliphatic heterocycles. The standard InChI is InChI=1S/C55H60N2O16/c1-29-36(69-49(64)43(70-48(63)41-35-23-17-16-18-32(35)24-25-56-41)40(33-19-12-10-13-20-33)57-50(65)73-51(4,5)6)27-55(66)46(71-47(62)34-21-14-11-15-22-34)44-53(9,37(60)26-38-54(44,28-67-38)72-31(3)59)45(61)42(68-30(2)58)39(29)52(55,7)8/h10-25,36-38,40,42-44,46,60,66H,26-28H2,1-9H3,(H,57,65)/t36-,37-,38+,40-,42+,43+,44-,46-,53+,54-,55+/m0/s1. The molecule has 4 aromatic rings. The molecule has 3 fully saturated rings. The SMILES string of the molecule is CC(=O)O[C@H]1C(=O)[C@@]2(C)[C@H]([C@H](OC(=O)c3ccccc3)[C@]3(O)C[C@H](OC(=O)[C@H](OC(=O)c4nccc5ccccc45)[C@@H](NC(=O)OC(C)(C)C)c4ccccc4)C(C)=C1C3(C)C)[C@]1(OC(C)=O)CO[C@@H]1C[C@@H]2O. The van der Waals surface area contributed by atoms with E-state index in [4.69, 9.17) is 33.2 Å². The Labute approximate surface area is 421 Å². The predicted molar refractivity (Wildman–Crippen MR) is 258 cm³/mol. The molecule has 2 heterocycles. The van der Waals surface area contributed by atoms with E-state index in [1.165, 1.54) is 32.2 Å². The van der Waals surface area contributed by atoms with Gasteiger partial charge in [-0.05, 0) is 74.9 Å². The number of ether oxygens (including phenoxy) is 7. The van der Waals surface area contributed by atoms with Gasteiger partial charge in [-0.2, -0.15) is 0 Å². The topological polar surface area (TPSA) is 249 Å². The number of pyridine rings is 1. The predicted octanol–water partition coefficient (Wildman–Crippen LogP) is 6.24. The first-order chi connectivity index (χ1) is 34.3. The second-order valence-corrected chi connectivity index (χ2v) is 20.9. The Morgan fingerprint density at radius 3 is 2.10 bits per heavy atom. The molecule has 3 aliphatic carbocycles. The summed E-state index contributed by atoms with van der Waals surface area (Å²) in [7, 11) is 0. The summed E-state index contributed by atoms with van der Waals surface area (Å²) in [6.45, 7) is 12.8. The minimum absolute atomic E-state index is 0.0385. The molecule has 0 radical (unpaired) electrons. The molecule has 18 nitrogen and oxygen atoms in total. The van der Waals surface area contributed by atoms with Gasteiger partial charge in [0.25, 0.3) is 0 Å². The van der Waals surface area contributed by atoms with Crippen molar-refractivity contribution >= 4 is 52.5 Å². The molecule has 2 saturated carbocycles. The van der Waals surface area contributed by atoms with Crippen LogP contribution < -0.4 is 5.32 Å². The van der Waals surface area contributed by atoms with Crippen LogP contribution in [0.15, 0.2) is 108 Å². The number of benzene rings is 3. The van der Waals surface area contributed by atoms with Crippen molar-refractivity contribution < 1.29 is 76.9 Å². The number of alkyl carbamates (subject to hydrolysis) is 1. The van der Waals surface area contributed by atoms with E-state index in [2.05, 4.69) is 10.3 Å². The van der Waals surface area contributed by atoms with Gasteiger partial charge in [-0.15, -0.1) is 0 Å². The maximum absolute atomic E-state index is 15.8. The Kier molecular flexibility index (Phi) is 13.9. The average Bonchev–Trinajstić information content (AvgIpc) is 3.33. The average molecular weight is 1010 g/mol. The van der Waals surface area contributed by atoms with Crippen molar-refractivity contribution in [1.82, 2.24) is 10.3 Å². The van der Waals surface area contributed by atoms with Gasteiger partial charge in [-0.25, -0.2) is 24.2 Å². The summed E-state index contributed by atoms with van der Waals surface area (Å²) < 4.78 is 42.7. The summed E-state index contributed by atoms with van der Waals surface area (Å²) >= 11 is 0. The molecule has 2 bridgehead atoms. The summed E-state index contributed by atoms with van der Waals surface area (Å²) in [4.78, 5) is 105. The number of esters is 5. The monoisotopic (exact) mass is 1000 g/mol. The number of hydrogen-bond acceptors (Lipinski definition) is 17. The van der Waals surface area contributed by atoms with Crippen LogP contribution in [-0.4, -0.2) is 117 Å². The first kappa shape index (κ1) is 52.3. The number of Topliss-reactive ketones (excluding diaryl/α,β-unsaturated/α-hetero) is 1. The van der Waals surface area contributed by atoms with Crippen molar-refractivity contribution in [2.75, 3.05) is 6.61 Å². The summed E-state index contributed by atoms with van der Waals surface area (Å²) in [5.74, 6) is -7.56. The van der Waals surface area contributed by atoms with E-state index >= 15 is 9.59 Å². The lowest BCUT2D eigenvalue weighted by molar-refractivity contribution is -0.346. The molecule has 73 heavy (non-hydrogen) atoms. The van der Waals surface area contributed by atoms with Crippen molar-refractivity contribution in [2.45, 2.75) is 135 Å². The second-order valence-electron chi connectivity index (χ2n) is 20.9. The lowest BCUT2D eigenvalue weighted by Crippen LogP contribution is -2.82. The normalized spacial score (nSPS) is 29.0. The molecule has 1 aromatic heterocycles. The molecule has 4 aliphatic rings. The molecule has 11 atom stereocenters. The number of aromatic nitrogens is 1. The van der Waals surface area contributed by atoms with Gasteiger partial charge < -0.3 is 48.7 Å². The van der Waals surface area contributed by atoms with Crippen LogP contribution in [0.25, 0.3) is 10.8 Å².